The maximum Gasteiger partial charge on any atom is 0.263 e. The van der Waals surface area contributed by atoms with Gasteiger partial charge in [0, 0.05) is 25.2 Å². The molecule has 1 saturated heterocycles. The number of aromatic amines is 1. The maximum absolute atomic E-state index is 13.3. The van der Waals surface area contributed by atoms with Crippen LogP contribution >= 0.6 is 24.8 Å². The van der Waals surface area contributed by atoms with Gasteiger partial charge in [-0.1, -0.05) is 0 Å². The molecule has 0 bridgehead atoms. The Bertz CT molecular complexity index is 1130. The number of amides is 1. The van der Waals surface area contributed by atoms with E-state index in [2.05, 4.69) is 20.6 Å². The fourth-order valence-electron chi connectivity index (χ4n) is 3.99. The number of nitrogens with zero attached hydrogens (tertiary/aromatic N) is 2. The van der Waals surface area contributed by atoms with Crippen LogP contribution in [0.25, 0.3) is 11.0 Å². The first-order chi connectivity index (χ1) is 14.5. The third-order valence-electron chi connectivity index (χ3n) is 5.63. The maximum atomic E-state index is 13.3. The summed E-state index contributed by atoms with van der Waals surface area (Å²) in [6.07, 6.45) is 4.83. The molecule has 10 heteroatoms. The molecule has 1 aromatic carbocycles. The number of imidazole rings is 1. The van der Waals surface area contributed by atoms with Crippen molar-refractivity contribution in [3.63, 3.8) is 0 Å². The first-order valence-electron chi connectivity index (χ1n) is 10.4. The molecule has 0 atom stereocenters. The van der Waals surface area contributed by atoms with E-state index in [9.17, 15) is 14.0 Å². The van der Waals surface area contributed by atoms with Crippen LogP contribution in [0.1, 0.15) is 47.1 Å². The second-order valence-corrected chi connectivity index (χ2v) is 7.77. The number of hydrogen-bond donors (Lipinski definition) is 3. The van der Waals surface area contributed by atoms with Crippen molar-refractivity contribution in [3.8, 4) is 0 Å². The predicted octanol–water partition coefficient (Wildman–Crippen LogP) is 3.30. The molecule has 0 saturated carbocycles. The van der Waals surface area contributed by atoms with Crippen molar-refractivity contribution in [3.05, 3.63) is 63.6 Å². The van der Waals surface area contributed by atoms with Crippen molar-refractivity contribution in [2.24, 2.45) is 0 Å². The number of halogens is 3. The number of carbonyl (C=O) groups is 1. The van der Waals surface area contributed by atoms with Gasteiger partial charge in [-0.2, -0.15) is 0 Å². The van der Waals surface area contributed by atoms with Gasteiger partial charge in [0.05, 0.1) is 11.0 Å². The Hall–Kier alpha value is -2.42. The smallest absolute Gasteiger partial charge is 0.263 e. The third-order valence-corrected chi connectivity index (χ3v) is 5.63. The van der Waals surface area contributed by atoms with E-state index in [1.165, 1.54) is 12.1 Å². The van der Waals surface area contributed by atoms with Crippen LogP contribution in [-0.2, 0) is 6.42 Å². The van der Waals surface area contributed by atoms with Gasteiger partial charge in [0.2, 0.25) is 0 Å². The number of aryl methyl sites for hydroxylation is 2. The van der Waals surface area contributed by atoms with Crippen LogP contribution in [0.4, 0.5) is 4.39 Å². The number of benzene rings is 1. The van der Waals surface area contributed by atoms with Crippen molar-refractivity contribution < 1.29 is 9.18 Å². The molecule has 1 fully saturated rings. The summed E-state index contributed by atoms with van der Waals surface area (Å²) in [7, 11) is 0. The fraction of sp³-hybridized carbons (Fsp3) is 0.409. The molecule has 0 spiro atoms. The molecule has 3 N–H and O–H groups in total. The molecular weight excluding hydrogens is 456 g/mol. The lowest BCUT2D eigenvalue weighted by atomic mass is 10.0. The largest absolute Gasteiger partial charge is 0.352 e. The van der Waals surface area contributed by atoms with E-state index < -0.39 is 0 Å². The average molecular weight is 484 g/mol. The summed E-state index contributed by atoms with van der Waals surface area (Å²) >= 11 is 0. The second kappa shape index (κ2) is 11.4. The van der Waals surface area contributed by atoms with Crippen molar-refractivity contribution in [1.29, 1.82) is 0 Å². The zero-order valence-corrected chi connectivity index (χ0v) is 19.5. The number of aromatic nitrogens is 3. The van der Waals surface area contributed by atoms with Gasteiger partial charge in [0.25, 0.3) is 11.5 Å². The van der Waals surface area contributed by atoms with Gasteiger partial charge < -0.3 is 20.2 Å². The SMILES string of the molecule is Cc1ccn(C2CCNCC2)c(=O)c1C(=O)NCCCc1nc2ccc(F)cc2[nH]1.Cl.Cl. The Labute approximate surface area is 198 Å². The Morgan fingerprint density at radius 1 is 1.25 bits per heavy atom. The van der Waals surface area contributed by atoms with Crippen LogP contribution in [0.2, 0.25) is 0 Å². The van der Waals surface area contributed by atoms with E-state index in [-0.39, 0.29) is 53.7 Å². The lowest BCUT2D eigenvalue weighted by molar-refractivity contribution is 0.0950. The molecule has 3 heterocycles. The van der Waals surface area contributed by atoms with Crippen LogP contribution in [0.5, 0.6) is 0 Å². The third kappa shape index (κ3) is 5.68. The first kappa shape index (κ1) is 25.8. The highest BCUT2D eigenvalue weighted by molar-refractivity contribution is 5.95. The van der Waals surface area contributed by atoms with Gasteiger partial charge in [-0.3, -0.25) is 9.59 Å². The molecule has 32 heavy (non-hydrogen) atoms. The van der Waals surface area contributed by atoms with Crippen LogP contribution in [0, 0.1) is 12.7 Å². The normalized spacial score (nSPS) is 13.9. The summed E-state index contributed by atoms with van der Waals surface area (Å²) in [5.74, 6) is 0.0970. The van der Waals surface area contributed by atoms with E-state index in [4.69, 9.17) is 0 Å². The standard InChI is InChI=1S/C22H26FN5O2.2ClH/c1-14-8-12-28(16-6-10-24-11-7-16)22(30)20(14)21(29)25-9-2-3-19-26-17-5-4-15(23)13-18(17)27-19;;/h4-5,8,12-13,16,24H,2-3,6-7,9-11H2,1H3,(H,25,29)(H,26,27);2*1H. The van der Waals surface area contributed by atoms with E-state index >= 15 is 0 Å². The first-order valence-corrected chi connectivity index (χ1v) is 10.4. The molecule has 2 aromatic heterocycles. The zero-order valence-electron chi connectivity index (χ0n) is 17.8. The fourth-order valence-corrected chi connectivity index (χ4v) is 3.99. The molecule has 1 aliphatic rings. The molecule has 0 aliphatic carbocycles. The predicted molar refractivity (Wildman–Crippen MR) is 128 cm³/mol. The van der Waals surface area contributed by atoms with Crippen LogP contribution < -0.4 is 16.2 Å². The lowest BCUT2D eigenvalue weighted by Crippen LogP contribution is -2.38. The summed E-state index contributed by atoms with van der Waals surface area (Å²) < 4.78 is 15.0. The molecule has 4 rings (SSSR count). The van der Waals surface area contributed by atoms with E-state index in [0.717, 1.165) is 31.8 Å². The Morgan fingerprint density at radius 2 is 2.00 bits per heavy atom. The second-order valence-electron chi connectivity index (χ2n) is 7.77. The van der Waals surface area contributed by atoms with Crippen LogP contribution in [-0.4, -0.2) is 40.1 Å². The minimum atomic E-state index is -0.340. The number of fused-ring (bicyclic) bond motifs is 1. The summed E-state index contributed by atoms with van der Waals surface area (Å²) in [4.78, 5) is 33.2. The summed E-state index contributed by atoms with van der Waals surface area (Å²) in [6, 6.07) is 6.40. The quantitative estimate of drug-likeness (QED) is 0.469. The van der Waals surface area contributed by atoms with E-state index in [1.54, 1.807) is 23.8 Å². The Morgan fingerprint density at radius 3 is 2.75 bits per heavy atom. The van der Waals surface area contributed by atoms with Crippen LogP contribution in [0.3, 0.4) is 0 Å². The van der Waals surface area contributed by atoms with Crippen LogP contribution in [0.15, 0.2) is 35.3 Å². The summed E-state index contributed by atoms with van der Waals surface area (Å²) in [6.45, 7) is 3.96. The zero-order chi connectivity index (χ0) is 21.1. The number of rotatable bonds is 6. The van der Waals surface area contributed by atoms with Crippen molar-refractivity contribution >= 4 is 41.8 Å². The minimum absolute atomic E-state index is 0. The summed E-state index contributed by atoms with van der Waals surface area (Å²) in [5.41, 5.74) is 2.05. The van der Waals surface area contributed by atoms with Gasteiger partial charge >= 0.3 is 0 Å². The summed E-state index contributed by atoms with van der Waals surface area (Å²) in [5, 5.41) is 6.15. The lowest BCUT2D eigenvalue weighted by Gasteiger charge is -2.25. The van der Waals surface area contributed by atoms with E-state index in [1.807, 2.05) is 6.07 Å². The number of piperidine rings is 1. The molecule has 0 unspecified atom stereocenters. The number of pyridine rings is 1. The van der Waals surface area contributed by atoms with Crippen molar-refractivity contribution in [2.75, 3.05) is 19.6 Å². The Kier molecular flexibility index (Phi) is 9.24. The minimum Gasteiger partial charge on any atom is -0.352 e. The molecule has 174 valence electrons. The Balaban J connectivity index is 0.00000181. The van der Waals surface area contributed by atoms with Gasteiger partial charge in [0.15, 0.2) is 0 Å². The van der Waals surface area contributed by atoms with Gasteiger partial charge in [-0.15, -0.1) is 24.8 Å². The highest BCUT2D eigenvalue weighted by atomic mass is 35.5. The molecule has 3 aromatic rings. The highest BCUT2D eigenvalue weighted by Gasteiger charge is 2.21. The number of H-pyrrole nitrogens is 1. The number of nitrogens with one attached hydrogen (secondary N) is 3. The van der Waals surface area contributed by atoms with E-state index in [0.29, 0.717) is 36.0 Å². The van der Waals surface area contributed by atoms with Crippen molar-refractivity contribution in [1.82, 2.24) is 25.2 Å². The molecule has 0 radical (unpaired) electrons. The average Bonchev–Trinajstić information content (AvgIpc) is 3.14. The van der Waals surface area contributed by atoms with Gasteiger partial charge in [0.1, 0.15) is 17.2 Å². The number of carbonyl (C=O) groups excluding carboxylic acids is 1. The van der Waals surface area contributed by atoms with Gasteiger partial charge in [-0.05, 0) is 69.1 Å². The van der Waals surface area contributed by atoms with Gasteiger partial charge in [-0.25, -0.2) is 9.37 Å². The molecular formula is C22H28Cl2FN5O2. The van der Waals surface area contributed by atoms with Crippen molar-refractivity contribution in [2.45, 2.75) is 38.6 Å². The molecule has 1 amide bonds. The molecule has 7 nitrogen and oxygen atoms in total. The topological polar surface area (TPSA) is 91.8 Å². The highest BCUT2D eigenvalue weighted by Crippen LogP contribution is 2.17. The molecule has 1 aliphatic heterocycles. The number of hydrogen-bond acceptors (Lipinski definition) is 4. The monoisotopic (exact) mass is 483 g/mol.